The Morgan fingerprint density at radius 1 is 1.19 bits per heavy atom. The van der Waals surface area contributed by atoms with Crippen molar-refractivity contribution in [3.8, 4) is 0 Å². The predicted octanol–water partition coefficient (Wildman–Crippen LogP) is 3.96. The van der Waals surface area contributed by atoms with Gasteiger partial charge >= 0.3 is 6.03 Å². The molecule has 1 aliphatic carbocycles. The molecule has 4 heteroatoms. The van der Waals surface area contributed by atoms with Crippen LogP contribution in [-0.2, 0) is 12.8 Å². The van der Waals surface area contributed by atoms with Crippen molar-refractivity contribution < 1.29 is 9.21 Å². The van der Waals surface area contributed by atoms with Crippen LogP contribution < -0.4 is 10.6 Å². The number of carbonyl (C=O) groups excluding carboxylic acids is 1. The van der Waals surface area contributed by atoms with Crippen LogP contribution in [0.15, 0.2) is 34.7 Å². The summed E-state index contributed by atoms with van der Waals surface area (Å²) < 4.78 is 5.51. The molecule has 1 aliphatic rings. The Labute approximate surface area is 124 Å². The quantitative estimate of drug-likeness (QED) is 0.896. The monoisotopic (exact) mass is 284 g/mol. The number of fused-ring (bicyclic) bond motifs is 1. The molecule has 1 aromatic carbocycles. The molecule has 1 aromatic heterocycles. The Morgan fingerprint density at radius 2 is 2.00 bits per heavy atom. The summed E-state index contributed by atoms with van der Waals surface area (Å²) in [5, 5.41) is 5.77. The summed E-state index contributed by atoms with van der Waals surface area (Å²) in [5.41, 5.74) is 3.60. The Kier molecular flexibility index (Phi) is 3.69. The van der Waals surface area contributed by atoms with Crippen molar-refractivity contribution >= 4 is 11.7 Å². The zero-order valence-electron chi connectivity index (χ0n) is 12.4. The molecule has 0 bridgehead atoms. The summed E-state index contributed by atoms with van der Waals surface area (Å²) in [5.74, 6) is 1.61. The minimum atomic E-state index is -0.213. The summed E-state index contributed by atoms with van der Waals surface area (Å²) in [6.07, 6.45) is 3.46. The lowest BCUT2D eigenvalue weighted by atomic mass is 10.1. The zero-order valence-corrected chi connectivity index (χ0v) is 12.4. The first-order valence-electron chi connectivity index (χ1n) is 7.37. The fourth-order valence-electron chi connectivity index (χ4n) is 2.77. The highest BCUT2D eigenvalue weighted by molar-refractivity contribution is 5.89. The van der Waals surface area contributed by atoms with E-state index in [1.807, 2.05) is 32.0 Å². The number of furan rings is 1. The van der Waals surface area contributed by atoms with Crippen molar-refractivity contribution in [1.29, 1.82) is 0 Å². The van der Waals surface area contributed by atoms with E-state index >= 15 is 0 Å². The lowest BCUT2D eigenvalue weighted by molar-refractivity contribution is 0.247. The summed E-state index contributed by atoms with van der Waals surface area (Å²) in [7, 11) is 0. The fourth-order valence-corrected chi connectivity index (χ4v) is 2.77. The molecule has 0 aliphatic heterocycles. The van der Waals surface area contributed by atoms with Gasteiger partial charge in [-0.25, -0.2) is 4.79 Å². The molecule has 0 saturated carbocycles. The first-order valence-corrected chi connectivity index (χ1v) is 7.37. The maximum absolute atomic E-state index is 12.0. The lowest BCUT2D eigenvalue weighted by Gasteiger charge is -2.13. The topological polar surface area (TPSA) is 54.3 Å². The van der Waals surface area contributed by atoms with E-state index in [-0.39, 0.29) is 12.1 Å². The molecule has 0 radical (unpaired) electrons. The third-order valence-corrected chi connectivity index (χ3v) is 3.89. The minimum Gasteiger partial charge on any atom is -0.464 e. The number of nitrogens with one attached hydrogen (secondary N) is 2. The normalized spacial score (nSPS) is 14.6. The molecule has 1 unspecified atom stereocenters. The van der Waals surface area contributed by atoms with Crippen molar-refractivity contribution in [2.75, 3.05) is 5.32 Å². The highest BCUT2D eigenvalue weighted by atomic mass is 16.3. The van der Waals surface area contributed by atoms with Crippen LogP contribution in [0, 0.1) is 6.92 Å². The predicted molar refractivity (Wildman–Crippen MR) is 82.5 cm³/mol. The van der Waals surface area contributed by atoms with E-state index in [0.29, 0.717) is 0 Å². The molecule has 2 amide bonds. The van der Waals surface area contributed by atoms with E-state index in [9.17, 15) is 4.79 Å². The highest BCUT2D eigenvalue weighted by Gasteiger charge is 2.14. The molecule has 21 heavy (non-hydrogen) atoms. The SMILES string of the molecule is Cc1ccc(C(C)NC(=O)Nc2ccc3c(c2)CCC3)o1. The van der Waals surface area contributed by atoms with Gasteiger partial charge in [0.15, 0.2) is 0 Å². The molecular weight excluding hydrogens is 264 g/mol. The Morgan fingerprint density at radius 3 is 2.76 bits per heavy atom. The van der Waals surface area contributed by atoms with Crippen LogP contribution in [0.3, 0.4) is 0 Å². The first kappa shape index (κ1) is 13.7. The van der Waals surface area contributed by atoms with Gasteiger partial charge in [-0.05, 0) is 68.5 Å². The van der Waals surface area contributed by atoms with Crippen LogP contribution >= 0.6 is 0 Å². The van der Waals surface area contributed by atoms with Crippen molar-refractivity contribution in [3.05, 3.63) is 53.0 Å². The number of anilines is 1. The number of benzene rings is 1. The van der Waals surface area contributed by atoms with Gasteiger partial charge in [0.25, 0.3) is 0 Å². The van der Waals surface area contributed by atoms with E-state index < -0.39 is 0 Å². The van der Waals surface area contributed by atoms with Crippen LogP contribution in [0.2, 0.25) is 0 Å². The summed E-state index contributed by atoms with van der Waals surface area (Å²) in [6, 6.07) is 9.55. The third kappa shape index (κ3) is 3.10. The smallest absolute Gasteiger partial charge is 0.319 e. The molecule has 1 atom stereocenters. The number of carbonyl (C=O) groups is 1. The average Bonchev–Trinajstić information content (AvgIpc) is 3.06. The minimum absolute atomic E-state index is 0.159. The fraction of sp³-hybridized carbons (Fsp3) is 0.353. The molecule has 1 heterocycles. The molecule has 0 saturated heterocycles. The third-order valence-electron chi connectivity index (χ3n) is 3.89. The molecule has 2 aromatic rings. The van der Waals surface area contributed by atoms with Gasteiger partial charge in [0.1, 0.15) is 11.5 Å². The van der Waals surface area contributed by atoms with Gasteiger partial charge in [-0.15, -0.1) is 0 Å². The molecule has 0 spiro atoms. The number of amides is 2. The summed E-state index contributed by atoms with van der Waals surface area (Å²) in [4.78, 5) is 12.0. The number of rotatable bonds is 3. The standard InChI is InChI=1S/C17H20N2O2/c1-11-6-9-16(21-11)12(2)18-17(20)19-15-8-7-13-4-3-5-14(13)10-15/h6-10,12H,3-5H2,1-2H3,(H2,18,19,20). The highest BCUT2D eigenvalue weighted by Crippen LogP contribution is 2.25. The van der Waals surface area contributed by atoms with Crippen molar-refractivity contribution in [2.24, 2.45) is 0 Å². The Hall–Kier alpha value is -2.23. The van der Waals surface area contributed by atoms with Crippen LogP contribution in [0.25, 0.3) is 0 Å². The molecule has 0 fully saturated rings. The van der Waals surface area contributed by atoms with Gasteiger partial charge in [0.2, 0.25) is 0 Å². The summed E-state index contributed by atoms with van der Waals surface area (Å²) >= 11 is 0. The van der Waals surface area contributed by atoms with Gasteiger partial charge in [-0.2, -0.15) is 0 Å². The van der Waals surface area contributed by atoms with Crippen LogP contribution in [0.5, 0.6) is 0 Å². The second kappa shape index (κ2) is 5.64. The number of hydrogen-bond acceptors (Lipinski definition) is 2. The largest absolute Gasteiger partial charge is 0.464 e. The maximum atomic E-state index is 12.0. The van der Waals surface area contributed by atoms with Gasteiger partial charge < -0.3 is 15.1 Å². The van der Waals surface area contributed by atoms with Crippen molar-refractivity contribution in [3.63, 3.8) is 0 Å². The Balaban J connectivity index is 1.61. The zero-order chi connectivity index (χ0) is 14.8. The number of aryl methyl sites for hydroxylation is 3. The van der Waals surface area contributed by atoms with Crippen LogP contribution in [0.4, 0.5) is 10.5 Å². The van der Waals surface area contributed by atoms with E-state index in [2.05, 4.69) is 22.8 Å². The summed E-state index contributed by atoms with van der Waals surface area (Å²) in [6.45, 7) is 3.79. The van der Waals surface area contributed by atoms with Gasteiger partial charge in [0.05, 0.1) is 6.04 Å². The first-order chi connectivity index (χ1) is 10.1. The van der Waals surface area contributed by atoms with Gasteiger partial charge in [0, 0.05) is 5.69 Å². The van der Waals surface area contributed by atoms with Gasteiger partial charge in [-0.3, -0.25) is 0 Å². The maximum Gasteiger partial charge on any atom is 0.319 e. The Bertz CT molecular complexity index is 661. The lowest BCUT2D eigenvalue weighted by Crippen LogP contribution is -2.31. The molecule has 2 N–H and O–H groups in total. The second-order valence-corrected chi connectivity index (χ2v) is 5.61. The molecule has 3 rings (SSSR count). The van der Waals surface area contributed by atoms with Crippen LogP contribution in [-0.4, -0.2) is 6.03 Å². The molecule has 4 nitrogen and oxygen atoms in total. The van der Waals surface area contributed by atoms with Crippen molar-refractivity contribution in [2.45, 2.75) is 39.2 Å². The number of urea groups is 1. The van der Waals surface area contributed by atoms with E-state index in [1.165, 1.54) is 17.5 Å². The second-order valence-electron chi connectivity index (χ2n) is 5.61. The van der Waals surface area contributed by atoms with E-state index in [1.54, 1.807) is 0 Å². The van der Waals surface area contributed by atoms with E-state index in [0.717, 1.165) is 30.0 Å². The molecule has 110 valence electrons. The average molecular weight is 284 g/mol. The molecular formula is C17H20N2O2. The van der Waals surface area contributed by atoms with E-state index in [4.69, 9.17) is 4.42 Å². The van der Waals surface area contributed by atoms with Gasteiger partial charge in [-0.1, -0.05) is 6.07 Å². The number of hydrogen-bond donors (Lipinski definition) is 2. The van der Waals surface area contributed by atoms with Crippen LogP contribution in [0.1, 0.15) is 42.0 Å². The van der Waals surface area contributed by atoms with Crippen molar-refractivity contribution in [1.82, 2.24) is 5.32 Å².